The highest BCUT2D eigenvalue weighted by molar-refractivity contribution is 5.78. The molecule has 0 bridgehead atoms. The van der Waals surface area contributed by atoms with E-state index in [0.29, 0.717) is 0 Å². The number of benzene rings is 2. The average Bonchev–Trinajstić information content (AvgIpc) is 2.91. The number of carbonyl (C=O) groups excluding carboxylic acids is 1. The Morgan fingerprint density at radius 2 is 1.97 bits per heavy atom. The smallest absolute Gasteiger partial charge is 0.323 e. The molecule has 5 nitrogen and oxygen atoms in total. The predicted octanol–water partition coefficient (Wildman–Crippen LogP) is 5.55. The van der Waals surface area contributed by atoms with Crippen LogP contribution in [0.5, 0.6) is 0 Å². The van der Waals surface area contributed by atoms with Crippen LogP contribution in [0.4, 0.5) is 5.69 Å². The molecular weight excluding hydrogens is 434 g/mol. The summed E-state index contributed by atoms with van der Waals surface area (Å²) in [4.78, 5) is 19.5. The van der Waals surface area contributed by atoms with E-state index < -0.39 is 0 Å². The first-order chi connectivity index (χ1) is 17.2. The molecule has 1 fully saturated rings. The van der Waals surface area contributed by atoms with Crippen LogP contribution in [0.3, 0.4) is 0 Å². The molecule has 2 aliphatic heterocycles. The van der Waals surface area contributed by atoms with Gasteiger partial charge in [0.1, 0.15) is 6.04 Å². The fourth-order valence-electron chi connectivity index (χ4n) is 5.47. The van der Waals surface area contributed by atoms with Crippen molar-refractivity contribution >= 4 is 17.9 Å². The van der Waals surface area contributed by atoms with Crippen molar-refractivity contribution < 1.29 is 9.53 Å². The van der Waals surface area contributed by atoms with Gasteiger partial charge in [-0.2, -0.15) is 0 Å². The third-order valence-electron chi connectivity index (χ3n) is 7.39. The number of nitrogens with zero attached hydrogens (tertiary/aromatic N) is 2. The number of aliphatic imine (C=N–C) groups is 1. The number of hydrogen-bond acceptors (Lipinski definition) is 5. The molecule has 3 atom stereocenters. The van der Waals surface area contributed by atoms with Crippen molar-refractivity contribution in [3.05, 3.63) is 89.7 Å². The molecule has 3 unspecified atom stereocenters. The Morgan fingerprint density at radius 3 is 2.80 bits per heavy atom. The normalized spacial score (nSPS) is 23.8. The Labute approximate surface area is 207 Å². The zero-order valence-electron chi connectivity index (χ0n) is 20.5. The first-order valence-electron chi connectivity index (χ1n) is 12.5. The summed E-state index contributed by atoms with van der Waals surface area (Å²) in [6.07, 6.45) is 13.6. The molecule has 0 amide bonds. The summed E-state index contributed by atoms with van der Waals surface area (Å²) in [7, 11) is 1.49. The molecule has 5 rings (SSSR count). The second-order valence-corrected chi connectivity index (χ2v) is 9.49. The third-order valence-corrected chi connectivity index (χ3v) is 7.39. The maximum Gasteiger partial charge on any atom is 0.323 e. The monoisotopic (exact) mass is 467 g/mol. The molecule has 3 aliphatic rings. The number of dihydropyridines is 1. The first kappa shape index (κ1) is 23.3. The van der Waals surface area contributed by atoms with Crippen molar-refractivity contribution in [2.75, 3.05) is 25.5 Å². The Kier molecular flexibility index (Phi) is 6.96. The van der Waals surface area contributed by atoms with E-state index in [1.54, 1.807) is 0 Å². The van der Waals surface area contributed by atoms with Crippen LogP contribution in [-0.4, -0.2) is 49.4 Å². The lowest BCUT2D eigenvalue weighted by Crippen LogP contribution is -2.47. The van der Waals surface area contributed by atoms with Crippen molar-refractivity contribution in [1.82, 2.24) is 4.90 Å². The number of anilines is 1. The fraction of sp³-hybridized carbons (Fsp3) is 0.333. The van der Waals surface area contributed by atoms with Crippen LogP contribution in [0.15, 0.2) is 89.1 Å². The summed E-state index contributed by atoms with van der Waals surface area (Å²) >= 11 is 0. The number of piperidine rings is 1. The highest BCUT2D eigenvalue weighted by Gasteiger charge is 2.34. The first-order valence-corrected chi connectivity index (χ1v) is 12.5. The molecule has 180 valence electrons. The van der Waals surface area contributed by atoms with E-state index in [1.165, 1.54) is 29.4 Å². The number of rotatable bonds is 6. The number of ether oxygens (including phenoxy) is 1. The third kappa shape index (κ3) is 4.87. The molecule has 0 radical (unpaired) electrons. The van der Waals surface area contributed by atoms with Gasteiger partial charge in [0.25, 0.3) is 0 Å². The van der Waals surface area contributed by atoms with Gasteiger partial charge >= 0.3 is 5.97 Å². The van der Waals surface area contributed by atoms with Crippen LogP contribution in [-0.2, 0) is 9.53 Å². The van der Waals surface area contributed by atoms with E-state index in [4.69, 9.17) is 9.73 Å². The van der Waals surface area contributed by atoms with Gasteiger partial charge in [0, 0.05) is 30.1 Å². The molecule has 0 spiro atoms. The molecule has 0 saturated carbocycles. The van der Waals surface area contributed by atoms with E-state index in [-0.39, 0.29) is 24.0 Å². The Balaban J connectivity index is 1.34. The second-order valence-electron chi connectivity index (χ2n) is 9.49. The van der Waals surface area contributed by atoms with Crippen LogP contribution < -0.4 is 5.32 Å². The Hall–Kier alpha value is -3.44. The molecule has 35 heavy (non-hydrogen) atoms. The van der Waals surface area contributed by atoms with Crippen LogP contribution in [0.25, 0.3) is 11.1 Å². The lowest BCUT2D eigenvalue weighted by atomic mass is 9.83. The van der Waals surface area contributed by atoms with Crippen molar-refractivity contribution in [2.24, 2.45) is 10.9 Å². The predicted molar refractivity (Wildman–Crippen MR) is 143 cm³/mol. The number of hydrogen-bond donors (Lipinski definition) is 1. The van der Waals surface area contributed by atoms with Gasteiger partial charge in [0.05, 0.1) is 13.2 Å². The van der Waals surface area contributed by atoms with Gasteiger partial charge in [-0.05, 0) is 66.8 Å². The topological polar surface area (TPSA) is 53.9 Å². The number of methoxy groups -OCH3 is 1. The van der Waals surface area contributed by atoms with E-state index >= 15 is 0 Å². The number of esters is 1. The summed E-state index contributed by atoms with van der Waals surface area (Å²) < 4.78 is 5.09. The van der Waals surface area contributed by atoms with Gasteiger partial charge in [-0.25, -0.2) is 0 Å². The van der Waals surface area contributed by atoms with Gasteiger partial charge in [-0.1, -0.05) is 61.0 Å². The molecule has 5 heteroatoms. The highest BCUT2D eigenvalue weighted by Crippen LogP contribution is 2.35. The number of allylic oxidation sites excluding steroid dienone is 3. The van der Waals surface area contributed by atoms with Gasteiger partial charge in [0.2, 0.25) is 0 Å². The number of likely N-dealkylation sites (tertiary alicyclic amines) is 1. The minimum atomic E-state index is -0.156. The summed E-state index contributed by atoms with van der Waals surface area (Å²) in [6.45, 7) is 3.84. The van der Waals surface area contributed by atoms with Crippen LogP contribution in [0, 0.1) is 12.8 Å². The molecular formula is C30H33N3O2. The average molecular weight is 468 g/mol. The largest absolute Gasteiger partial charge is 0.468 e. The molecule has 1 aliphatic carbocycles. The minimum absolute atomic E-state index is 0.00106. The van der Waals surface area contributed by atoms with Gasteiger partial charge in [0.15, 0.2) is 0 Å². The molecule has 2 heterocycles. The Bertz CT molecular complexity index is 1200. The lowest BCUT2D eigenvalue weighted by Gasteiger charge is -2.38. The van der Waals surface area contributed by atoms with Gasteiger partial charge < -0.3 is 10.1 Å². The summed E-state index contributed by atoms with van der Waals surface area (Å²) in [5.41, 5.74) is 7.14. The van der Waals surface area contributed by atoms with Gasteiger partial charge in [-0.15, -0.1) is 0 Å². The molecule has 2 aromatic rings. The maximum atomic E-state index is 12.4. The standard InChI is InChI=1S/C30H33N3O2/c1-21-24(22-10-4-3-5-11-22)12-8-14-26(21)32-27-15-9-13-25-23(17-18-31-29(25)27)20-33-19-7-6-16-28(33)30(34)35-2/h3-5,8-15,17-18,25,28-29,32H,6-7,16,19-20H2,1-2H3. The van der Waals surface area contributed by atoms with E-state index in [1.807, 2.05) is 12.3 Å². The van der Waals surface area contributed by atoms with Crippen molar-refractivity contribution in [2.45, 2.75) is 38.3 Å². The van der Waals surface area contributed by atoms with Crippen molar-refractivity contribution in [3.8, 4) is 11.1 Å². The highest BCUT2D eigenvalue weighted by atomic mass is 16.5. The van der Waals surface area contributed by atoms with E-state index in [9.17, 15) is 4.79 Å². The number of fused-ring (bicyclic) bond motifs is 1. The van der Waals surface area contributed by atoms with Crippen LogP contribution >= 0.6 is 0 Å². The molecule has 2 aromatic carbocycles. The van der Waals surface area contributed by atoms with Crippen molar-refractivity contribution in [3.63, 3.8) is 0 Å². The SMILES string of the molecule is COC(=O)C1CCCCN1CC1=CC=NC2C(Nc3cccc(-c4ccccc4)c3C)=CC=CC12. The number of nitrogens with one attached hydrogen (secondary N) is 1. The fourth-order valence-corrected chi connectivity index (χ4v) is 5.47. The molecule has 1 saturated heterocycles. The van der Waals surface area contributed by atoms with E-state index in [2.05, 4.69) is 83.9 Å². The quantitative estimate of drug-likeness (QED) is 0.566. The Morgan fingerprint density at radius 1 is 1.11 bits per heavy atom. The molecule has 0 aromatic heterocycles. The zero-order valence-corrected chi connectivity index (χ0v) is 20.5. The zero-order chi connectivity index (χ0) is 24.2. The minimum Gasteiger partial charge on any atom is -0.468 e. The second kappa shape index (κ2) is 10.4. The summed E-state index contributed by atoms with van der Waals surface area (Å²) in [5.74, 6) is 0.0480. The van der Waals surface area contributed by atoms with Crippen LogP contribution in [0.1, 0.15) is 24.8 Å². The maximum absolute atomic E-state index is 12.4. The number of carbonyl (C=O) groups is 1. The summed E-state index contributed by atoms with van der Waals surface area (Å²) in [5, 5.41) is 3.70. The van der Waals surface area contributed by atoms with E-state index in [0.717, 1.165) is 43.7 Å². The summed E-state index contributed by atoms with van der Waals surface area (Å²) in [6, 6.07) is 16.7. The lowest BCUT2D eigenvalue weighted by molar-refractivity contribution is -0.148. The van der Waals surface area contributed by atoms with Gasteiger partial charge in [-0.3, -0.25) is 14.7 Å². The van der Waals surface area contributed by atoms with Crippen LogP contribution in [0.2, 0.25) is 0 Å². The van der Waals surface area contributed by atoms with Crippen molar-refractivity contribution in [1.29, 1.82) is 0 Å². The molecule has 1 N–H and O–H groups in total.